The van der Waals surface area contributed by atoms with Gasteiger partial charge in [-0.3, -0.25) is 0 Å². The van der Waals surface area contributed by atoms with Crippen LogP contribution in [0.2, 0.25) is 0 Å². The normalized spacial score (nSPS) is 9.26. The first-order chi connectivity index (χ1) is 15.4. The molecule has 0 fully saturated rings. The topological polar surface area (TPSA) is 193 Å². The number of carboxylic acid groups (broad SMARTS) is 3. The SMILES string of the molecule is O=C(O)c1cccc(P)[n+]1[O-].O=C(O)c1cccc(P)[n+]1[O-].O=C(O)c1cccc(P)[n+]1[O-].[NaH]. The Bertz CT molecular complexity index is 1050. The summed E-state index contributed by atoms with van der Waals surface area (Å²) in [4.78, 5) is 31.0. The van der Waals surface area contributed by atoms with Crippen LogP contribution < -0.4 is 30.5 Å². The van der Waals surface area contributed by atoms with Crippen LogP contribution in [0.25, 0.3) is 0 Å². The zero-order chi connectivity index (χ0) is 25.3. The molecule has 3 aromatic rings. The molecule has 3 atom stereocenters. The van der Waals surface area contributed by atoms with Gasteiger partial charge in [0.25, 0.3) is 0 Å². The molecular weight excluding hydrogens is 518 g/mol. The predicted octanol–water partition coefficient (Wildman–Crippen LogP) is -2.09. The first kappa shape index (κ1) is 31.6. The molecule has 3 heterocycles. The minimum absolute atomic E-state index is 0. The third kappa shape index (κ3) is 9.06. The van der Waals surface area contributed by atoms with E-state index in [4.69, 9.17) is 15.3 Å². The van der Waals surface area contributed by atoms with Gasteiger partial charge in [-0.25, -0.2) is 14.4 Å². The Labute approximate surface area is 221 Å². The van der Waals surface area contributed by atoms with Crippen molar-refractivity contribution in [1.82, 2.24) is 0 Å². The van der Waals surface area contributed by atoms with E-state index in [1.165, 1.54) is 54.6 Å². The standard InChI is InChI=1S/3C6H6NO3P.Na.H/c3*8-6(9)4-2-1-3-5(11)7(4)10;;/h3*1-3H,11H2,(H,8,9);;. The molecule has 0 aliphatic rings. The van der Waals surface area contributed by atoms with Crippen LogP contribution in [-0.4, -0.2) is 62.8 Å². The zero-order valence-corrected chi connectivity index (χ0v) is 20.0. The van der Waals surface area contributed by atoms with Gasteiger partial charge in [0.05, 0.1) is 0 Å². The summed E-state index contributed by atoms with van der Waals surface area (Å²) in [6.45, 7) is 0. The van der Waals surface area contributed by atoms with E-state index in [-0.39, 0.29) is 46.6 Å². The zero-order valence-electron chi connectivity index (χ0n) is 16.6. The molecule has 12 nitrogen and oxygen atoms in total. The Morgan fingerprint density at radius 2 is 0.765 bits per heavy atom. The molecule has 3 N–H and O–H groups in total. The van der Waals surface area contributed by atoms with Gasteiger partial charge in [-0.05, 0) is 45.9 Å². The third-order valence-electron chi connectivity index (χ3n) is 3.58. The van der Waals surface area contributed by atoms with E-state index in [9.17, 15) is 30.0 Å². The quantitative estimate of drug-likeness (QED) is 0.145. The van der Waals surface area contributed by atoms with Gasteiger partial charge in [-0.2, -0.15) is 14.2 Å². The summed E-state index contributed by atoms with van der Waals surface area (Å²) >= 11 is 0. The van der Waals surface area contributed by atoms with Crippen molar-refractivity contribution in [3.05, 3.63) is 87.3 Å². The Kier molecular flexibility index (Phi) is 13.7. The molecule has 0 bridgehead atoms. The van der Waals surface area contributed by atoms with Crippen LogP contribution in [0.1, 0.15) is 31.5 Å². The van der Waals surface area contributed by atoms with Crippen molar-refractivity contribution in [1.29, 1.82) is 0 Å². The number of aromatic carboxylic acids is 3. The van der Waals surface area contributed by atoms with Gasteiger partial charge in [0, 0.05) is 36.4 Å². The number of carboxylic acids is 3. The van der Waals surface area contributed by atoms with Gasteiger partial charge in [-0.1, -0.05) is 0 Å². The van der Waals surface area contributed by atoms with Gasteiger partial charge in [-0.15, -0.1) is 0 Å². The summed E-state index contributed by atoms with van der Waals surface area (Å²) in [5, 5.41) is 58.2. The molecule has 0 aliphatic heterocycles. The molecule has 0 saturated carbocycles. The molecule has 3 aromatic heterocycles. The van der Waals surface area contributed by atoms with Crippen LogP contribution in [-0.2, 0) is 0 Å². The molecule has 0 radical (unpaired) electrons. The van der Waals surface area contributed by atoms with Crippen molar-refractivity contribution >= 4 is 91.5 Å². The monoisotopic (exact) mass is 537 g/mol. The number of hydrogen-bond donors (Lipinski definition) is 3. The second kappa shape index (κ2) is 14.7. The number of hydrogen-bond acceptors (Lipinski definition) is 6. The molecule has 0 spiro atoms. The molecule has 16 heteroatoms. The summed E-state index contributed by atoms with van der Waals surface area (Å²) in [7, 11) is 6.46. The number of rotatable bonds is 3. The van der Waals surface area contributed by atoms with Gasteiger partial charge < -0.3 is 30.9 Å². The molecule has 3 rings (SSSR count). The summed E-state index contributed by atoms with van der Waals surface area (Å²) in [6, 6.07) is 12.9. The first-order valence-corrected chi connectivity index (χ1v) is 10.3. The van der Waals surface area contributed by atoms with E-state index in [2.05, 4.69) is 27.7 Å². The van der Waals surface area contributed by atoms with Crippen molar-refractivity contribution < 1.29 is 43.9 Å². The predicted molar refractivity (Wildman–Crippen MR) is 132 cm³/mol. The van der Waals surface area contributed by atoms with E-state index in [0.717, 1.165) is 0 Å². The second-order valence-electron chi connectivity index (χ2n) is 5.81. The molecule has 0 amide bonds. The van der Waals surface area contributed by atoms with E-state index in [0.29, 0.717) is 30.5 Å². The maximum absolute atomic E-state index is 10.9. The number of aromatic nitrogens is 3. The Morgan fingerprint density at radius 3 is 0.912 bits per heavy atom. The summed E-state index contributed by atoms with van der Waals surface area (Å²) in [5.74, 6) is -3.65. The van der Waals surface area contributed by atoms with Gasteiger partial charge in [0.1, 0.15) is 0 Å². The number of pyridine rings is 3. The molecule has 0 saturated heterocycles. The first-order valence-electron chi connectivity index (χ1n) is 8.52. The van der Waals surface area contributed by atoms with E-state index in [1.54, 1.807) is 0 Å². The van der Waals surface area contributed by atoms with Gasteiger partial charge in [0.15, 0.2) is 0 Å². The average Bonchev–Trinajstić information content (AvgIpc) is 2.74. The van der Waals surface area contributed by atoms with Crippen LogP contribution >= 0.6 is 27.7 Å². The van der Waals surface area contributed by atoms with Gasteiger partial charge in [0.2, 0.25) is 16.3 Å². The number of nitrogens with zero attached hydrogens (tertiary/aromatic N) is 3. The van der Waals surface area contributed by atoms with Crippen molar-refractivity contribution in [2.24, 2.45) is 0 Å². The molecule has 3 unspecified atom stereocenters. The fourth-order valence-corrected chi connectivity index (χ4v) is 2.76. The van der Waals surface area contributed by atoms with Crippen LogP contribution in [0.4, 0.5) is 0 Å². The third-order valence-corrected chi connectivity index (χ3v) is 4.86. The Hall–Kier alpha value is -2.45. The van der Waals surface area contributed by atoms with Crippen molar-refractivity contribution in [3.8, 4) is 0 Å². The van der Waals surface area contributed by atoms with Crippen LogP contribution in [0, 0.1) is 15.6 Å². The maximum atomic E-state index is 10.9. The Balaban J connectivity index is 0.000000473. The minimum atomic E-state index is -1.22. The summed E-state index contributed by atoms with van der Waals surface area (Å²) in [6.07, 6.45) is 0. The molecule has 0 aliphatic carbocycles. The molecule has 176 valence electrons. The van der Waals surface area contributed by atoms with Crippen LogP contribution in [0.15, 0.2) is 54.6 Å². The number of carbonyl (C=O) groups is 3. The van der Waals surface area contributed by atoms with Crippen LogP contribution in [0.5, 0.6) is 0 Å². The molecule has 34 heavy (non-hydrogen) atoms. The average molecular weight is 537 g/mol. The van der Waals surface area contributed by atoms with Gasteiger partial charge >= 0.3 is 64.5 Å². The van der Waals surface area contributed by atoms with Crippen molar-refractivity contribution in [3.63, 3.8) is 0 Å². The van der Waals surface area contributed by atoms with Crippen molar-refractivity contribution in [2.45, 2.75) is 0 Å². The molecular formula is C18H19N3NaO9P3. The van der Waals surface area contributed by atoms with E-state index < -0.39 is 17.9 Å². The van der Waals surface area contributed by atoms with E-state index in [1.807, 2.05) is 0 Å². The fraction of sp³-hybridized carbons (Fsp3) is 0. The van der Waals surface area contributed by atoms with Crippen LogP contribution in [0.3, 0.4) is 0 Å². The van der Waals surface area contributed by atoms with Crippen molar-refractivity contribution in [2.75, 3.05) is 0 Å². The van der Waals surface area contributed by atoms with E-state index >= 15 is 0 Å². The fourth-order valence-electron chi connectivity index (χ4n) is 2.01. The summed E-state index contributed by atoms with van der Waals surface area (Å²) in [5.41, 5.74) is 0.0900. The summed E-state index contributed by atoms with van der Waals surface area (Å²) < 4.78 is 1.06. The second-order valence-corrected chi connectivity index (χ2v) is 7.58. The Morgan fingerprint density at radius 1 is 0.559 bits per heavy atom. The molecule has 0 aromatic carbocycles.